The van der Waals surface area contributed by atoms with Crippen LogP contribution in [-0.2, 0) is 4.79 Å². The van der Waals surface area contributed by atoms with Gasteiger partial charge in [0.2, 0.25) is 5.91 Å². The Hall–Kier alpha value is -1.23. The van der Waals surface area contributed by atoms with Gasteiger partial charge in [0.1, 0.15) is 6.04 Å². The summed E-state index contributed by atoms with van der Waals surface area (Å²) in [4.78, 5) is 13.9. The van der Waals surface area contributed by atoms with Crippen LogP contribution in [0.4, 0.5) is 11.4 Å². The van der Waals surface area contributed by atoms with Gasteiger partial charge in [0.15, 0.2) is 0 Å². The van der Waals surface area contributed by atoms with E-state index in [0.29, 0.717) is 5.69 Å². The minimum absolute atomic E-state index is 0.0855. The van der Waals surface area contributed by atoms with Crippen LogP contribution in [0.1, 0.15) is 20.8 Å². The molecule has 18 heavy (non-hydrogen) atoms. The van der Waals surface area contributed by atoms with Crippen molar-refractivity contribution in [1.29, 1.82) is 0 Å². The first-order valence-electron chi connectivity index (χ1n) is 6.09. The monoisotopic (exact) mass is 313 g/mol. The number of anilines is 2. The number of nitrogens with zero attached hydrogens (tertiary/aromatic N) is 1. The lowest BCUT2D eigenvalue weighted by atomic mass is 10.2. The summed E-state index contributed by atoms with van der Waals surface area (Å²) in [6.45, 7) is 7.24. The topological polar surface area (TPSA) is 58.4 Å². The number of amides is 1. The number of likely N-dealkylation sites (N-methyl/N-ethyl adjacent to an activating group) is 1. The summed E-state index contributed by atoms with van der Waals surface area (Å²) in [5.41, 5.74) is 7.31. The first kappa shape index (κ1) is 14.8. The first-order chi connectivity index (χ1) is 8.49. The molecule has 1 amide bonds. The molecule has 1 aromatic carbocycles. The van der Waals surface area contributed by atoms with Crippen molar-refractivity contribution in [2.45, 2.75) is 26.8 Å². The molecule has 100 valence electrons. The minimum atomic E-state index is -0.284. The van der Waals surface area contributed by atoms with E-state index in [9.17, 15) is 4.79 Å². The number of nitrogens with two attached hydrogens (primary N) is 1. The maximum absolute atomic E-state index is 12.1. The first-order valence-corrected chi connectivity index (χ1v) is 6.89. The molecule has 4 nitrogen and oxygen atoms in total. The van der Waals surface area contributed by atoms with E-state index < -0.39 is 0 Å². The number of benzene rings is 1. The Morgan fingerprint density at radius 1 is 1.44 bits per heavy atom. The van der Waals surface area contributed by atoms with Gasteiger partial charge in [-0.25, -0.2) is 0 Å². The van der Waals surface area contributed by atoms with Crippen LogP contribution in [0.25, 0.3) is 0 Å². The van der Waals surface area contributed by atoms with Gasteiger partial charge in [0.25, 0.3) is 0 Å². The number of carbonyl (C=O) groups excluding carboxylic acids is 1. The maximum Gasteiger partial charge on any atom is 0.244 e. The summed E-state index contributed by atoms with van der Waals surface area (Å²) in [5, 5.41) is 3.15. The molecular weight excluding hydrogens is 294 g/mol. The Labute approximate surface area is 117 Å². The van der Waals surface area contributed by atoms with Gasteiger partial charge in [-0.15, -0.1) is 0 Å². The number of carbonyl (C=O) groups is 1. The predicted octanol–water partition coefficient (Wildman–Crippen LogP) is 2.70. The highest BCUT2D eigenvalue weighted by Crippen LogP contribution is 2.23. The van der Waals surface area contributed by atoms with E-state index in [1.54, 1.807) is 4.90 Å². The summed E-state index contributed by atoms with van der Waals surface area (Å²) in [5.74, 6) is 0.0855. The molecule has 0 heterocycles. The van der Waals surface area contributed by atoms with Gasteiger partial charge in [0, 0.05) is 17.6 Å². The lowest BCUT2D eigenvalue weighted by molar-refractivity contribution is -0.131. The van der Waals surface area contributed by atoms with E-state index >= 15 is 0 Å². The third-order valence-corrected chi connectivity index (χ3v) is 3.32. The molecule has 0 spiro atoms. The molecule has 0 aliphatic heterocycles. The SMILES string of the molecule is CCN(CC)C(=O)C(C)Nc1ccc(Br)cc1N. The zero-order valence-corrected chi connectivity index (χ0v) is 12.6. The molecule has 0 saturated carbocycles. The fraction of sp³-hybridized carbons (Fsp3) is 0.462. The molecule has 1 unspecified atom stereocenters. The molecule has 0 radical (unpaired) electrons. The summed E-state index contributed by atoms with van der Waals surface area (Å²) in [6.07, 6.45) is 0. The van der Waals surface area contributed by atoms with Crippen molar-refractivity contribution >= 4 is 33.2 Å². The number of nitrogens with one attached hydrogen (secondary N) is 1. The van der Waals surface area contributed by atoms with Crippen molar-refractivity contribution in [2.75, 3.05) is 24.1 Å². The third-order valence-electron chi connectivity index (χ3n) is 2.83. The lowest BCUT2D eigenvalue weighted by Crippen LogP contribution is -2.41. The normalized spacial score (nSPS) is 12.0. The molecule has 0 bridgehead atoms. The predicted molar refractivity (Wildman–Crippen MR) is 79.6 cm³/mol. The molecule has 1 rings (SSSR count). The number of nitrogen functional groups attached to an aromatic ring is 1. The Morgan fingerprint density at radius 3 is 2.56 bits per heavy atom. The van der Waals surface area contributed by atoms with Crippen molar-refractivity contribution in [1.82, 2.24) is 4.90 Å². The summed E-state index contributed by atoms with van der Waals surface area (Å²) in [6, 6.07) is 5.30. The Balaban J connectivity index is 2.75. The fourth-order valence-electron chi connectivity index (χ4n) is 1.77. The average molecular weight is 314 g/mol. The van der Waals surface area contributed by atoms with Crippen molar-refractivity contribution < 1.29 is 4.79 Å². The van der Waals surface area contributed by atoms with Crippen molar-refractivity contribution in [3.8, 4) is 0 Å². The standard InChI is InChI=1S/C13H20BrN3O/c1-4-17(5-2)13(18)9(3)16-12-7-6-10(14)8-11(12)15/h6-9,16H,4-5,15H2,1-3H3. The van der Waals surface area contributed by atoms with Crippen molar-refractivity contribution in [3.05, 3.63) is 22.7 Å². The van der Waals surface area contributed by atoms with Crippen LogP contribution >= 0.6 is 15.9 Å². The van der Waals surface area contributed by atoms with Crippen LogP contribution in [-0.4, -0.2) is 29.9 Å². The molecule has 0 aliphatic carbocycles. The van der Waals surface area contributed by atoms with Crippen LogP contribution < -0.4 is 11.1 Å². The summed E-state index contributed by atoms with van der Waals surface area (Å²) >= 11 is 3.35. The lowest BCUT2D eigenvalue weighted by Gasteiger charge is -2.24. The number of halogens is 1. The number of hydrogen-bond donors (Lipinski definition) is 2. The molecule has 0 aromatic heterocycles. The van der Waals surface area contributed by atoms with Gasteiger partial charge < -0.3 is 16.0 Å². The highest BCUT2D eigenvalue weighted by Gasteiger charge is 2.18. The summed E-state index contributed by atoms with van der Waals surface area (Å²) < 4.78 is 0.924. The second-order valence-corrected chi connectivity index (χ2v) is 5.02. The quantitative estimate of drug-likeness (QED) is 0.822. The highest BCUT2D eigenvalue weighted by molar-refractivity contribution is 9.10. The third kappa shape index (κ3) is 3.63. The van der Waals surface area contributed by atoms with E-state index in [1.807, 2.05) is 39.0 Å². The fourth-order valence-corrected chi connectivity index (χ4v) is 2.15. The van der Waals surface area contributed by atoms with Gasteiger partial charge in [0.05, 0.1) is 11.4 Å². The molecule has 5 heteroatoms. The Morgan fingerprint density at radius 2 is 2.06 bits per heavy atom. The minimum Gasteiger partial charge on any atom is -0.397 e. The van der Waals surface area contributed by atoms with Crippen LogP contribution in [0.3, 0.4) is 0 Å². The van der Waals surface area contributed by atoms with E-state index in [0.717, 1.165) is 23.2 Å². The van der Waals surface area contributed by atoms with E-state index in [2.05, 4.69) is 21.2 Å². The molecule has 0 fully saturated rings. The highest BCUT2D eigenvalue weighted by atomic mass is 79.9. The average Bonchev–Trinajstić information content (AvgIpc) is 2.34. The molecular formula is C13H20BrN3O. The Kier molecular flexibility index (Phi) is 5.47. The molecule has 0 aliphatic rings. The zero-order valence-electron chi connectivity index (χ0n) is 11.0. The van der Waals surface area contributed by atoms with Crippen LogP contribution in [0.5, 0.6) is 0 Å². The van der Waals surface area contributed by atoms with Crippen LogP contribution in [0, 0.1) is 0 Å². The van der Waals surface area contributed by atoms with E-state index in [1.165, 1.54) is 0 Å². The molecule has 0 saturated heterocycles. The second kappa shape index (κ2) is 6.64. The Bertz CT molecular complexity index is 419. The van der Waals surface area contributed by atoms with Gasteiger partial charge in [-0.05, 0) is 39.0 Å². The number of rotatable bonds is 5. The smallest absolute Gasteiger partial charge is 0.244 e. The van der Waals surface area contributed by atoms with Crippen molar-refractivity contribution in [3.63, 3.8) is 0 Å². The summed E-state index contributed by atoms with van der Waals surface area (Å²) in [7, 11) is 0. The molecule has 1 atom stereocenters. The van der Waals surface area contributed by atoms with E-state index in [-0.39, 0.29) is 11.9 Å². The van der Waals surface area contributed by atoms with Gasteiger partial charge >= 0.3 is 0 Å². The largest absolute Gasteiger partial charge is 0.397 e. The molecule has 3 N–H and O–H groups in total. The second-order valence-electron chi connectivity index (χ2n) is 4.11. The van der Waals surface area contributed by atoms with Gasteiger partial charge in [-0.3, -0.25) is 4.79 Å². The van der Waals surface area contributed by atoms with Gasteiger partial charge in [-0.1, -0.05) is 15.9 Å². The molecule has 1 aromatic rings. The maximum atomic E-state index is 12.1. The van der Waals surface area contributed by atoms with Crippen molar-refractivity contribution in [2.24, 2.45) is 0 Å². The van der Waals surface area contributed by atoms with E-state index in [4.69, 9.17) is 5.73 Å². The van der Waals surface area contributed by atoms with Crippen LogP contribution in [0.15, 0.2) is 22.7 Å². The number of hydrogen-bond acceptors (Lipinski definition) is 3. The zero-order chi connectivity index (χ0) is 13.7. The van der Waals surface area contributed by atoms with Gasteiger partial charge in [-0.2, -0.15) is 0 Å². The van der Waals surface area contributed by atoms with Crippen LogP contribution in [0.2, 0.25) is 0 Å².